The van der Waals surface area contributed by atoms with Gasteiger partial charge in [-0.2, -0.15) is 13.2 Å². The smallest absolute Gasteiger partial charge is 0.378 e. The monoisotopic (exact) mass is 559 g/mol. The van der Waals surface area contributed by atoms with Gasteiger partial charge in [-0.1, -0.05) is 13.8 Å². The van der Waals surface area contributed by atoms with Crippen LogP contribution >= 0.6 is 0 Å². The number of anilines is 2. The first-order valence-corrected chi connectivity index (χ1v) is 13.9. The molecule has 38 heavy (non-hydrogen) atoms. The molecule has 1 aromatic carbocycles. The summed E-state index contributed by atoms with van der Waals surface area (Å²) in [5.41, 5.74) is -1.43. The van der Waals surface area contributed by atoms with Crippen molar-refractivity contribution in [3.63, 3.8) is 0 Å². The molecule has 2 saturated heterocycles. The molecular formula is C24H29F4N5O4S. The van der Waals surface area contributed by atoms with Crippen molar-refractivity contribution in [1.82, 2.24) is 14.9 Å². The molecule has 1 aromatic heterocycles. The average molecular weight is 560 g/mol. The number of carbonyl (C=O) groups is 1. The number of amides is 1. The predicted molar refractivity (Wildman–Crippen MR) is 131 cm³/mol. The molecule has 0 N–H and O–H groups in total. The Hall–Kier alpha value is -3.00. The first-order chi connectivity index (χ1) is 17.7. The summed E-state index contributed by atoms with van der Waals surface area (Å²) in [5.74, 6) is -1.87. The van der Waals surface area contributed by atoms with Crippen molar-refractivity contribution >= 4 is 27.4 Å². The van der Waals surface area contributed by atoms with Crippen molar-refractivity contribution in [2.75, 3.05) is 55.9 Å². The summed E-state index contributed by atoms with van der Waals surface area (Å²) < 4.78 is 85.1. The van der Waals surface area contributed by atoms with E-state index in [0.29, 0.717) is 18.8 Å². The molecule has 9 nitrogen and oxygen atoms in total. The van der Waals surface area contributed by atoms with Gasteiger partial charge in [-0.15, -0.1) is 0 Å². The van der Waals surface area contributed by atoms with Gasteiger partial charge in [-0.3, -0.25) is 4.79 Å². The number of ether oxygens (including phenoxy) is 1. The fraction of sp³-hybridized carbons (Fsp3) is 0.542. The lowest BCUT2D eigenvalue weighted by Crippen LogP contribution is -2.56. The second-order valence-electron chi connectivity index (χ2n) is 9.84. The van der Waals surface area contributed by atoms with E-state index in [1.54, 1.807) is 4.90 Å². The minimum absolute atomic E-state index is 0.0565. The highest BCUT2D eigenvalue weighted by Crippen LogP contribution is 2.34. The molecule has 1 unspecified atom stereocenters. The predicted octanol–water partition coefficient (Wildman–Crippen LogP) is 2.86. The quantitative estimate of drug-likeness (QED) is 0.499. The number of nitrogens with zero attached hydrogens (tertiary/aromatic N) is 5. The molecule has 2 aliphatic rings. The van der Waals surface area contributed by atoms with Gasteiger partial charge in [0.25, 0.3) is 5.91 Å². The third-order valence-electron chi connectivity index (χ3n) is 6.87. The normalized spacial score (nSPS) is 19.2. The Kier molecular flexibility index (Phi) is 7.58. The van der Waals surface area contributed by atoms with Gasteiger partial charge in [0.15, 0.2) is 15.5 Å². The first-order valence-electron chi connectivity index (χ1n) is 12.0. The van der Waals surface area contributed by atoms with E-state index < -0.39 is 43.9 Å². The first kappa shape index (κ1) is 28.0. The molecule has 1 atom stereocenters. The summed E-state index contributed by atoms with van der Waals surface area (Å²) in [4.78, 5) is 25.1. The van der Waals surface area contributed by atoms with Gasteiger partial charge < -0.3 is 19.4 Å². The van der Waals surface area contributed by atoms with Crippen LogP contribution < -0.4 is 9.80 Å². The molecule has 2 aromatic rings. The number of carbonyl (C=O) groups excluding carboxylic acids is 1. The van der Waals surface area contributed by atoms with Crippen LogP contribution in [0, 0.1) is 11.7 Å². The zero-order valence-corrected chi connectivity index (χ0v) is 22.2. The number of methoxy groups -OCH3 is 1. The molecule has 3 heterocycles. The van der Waals surface area contributed by atoms with Crippen molar-refractivity contribution in [1.29, 1.82) is 0 Å². The Labute approximate surface area is 218 Å². The van der Waals surface area contributed by atoms with E-state index in [1.807, 2.05) is 18.7 Å². The molecule has 2 fully saturated rings. The van der Waals surface area contributed by atoms with Crippen LogP contribution in [-0.2, 0) is 20.8 Å². The third kappa shape index (κ3) is 5.55. The van der Waals surface area contributed by atoms with Crippen LogP contribution in [-0.4, -0.2) is 87.4 Å². The maximum Gasteiger partial charge on any atom is 0.434 e. The second kappa shape index (κ2) is 10.3. The maximum absolute atomic E-state index is 14.1. The maximum atomic E-state index is 14.1. The van der Waals surface area contributed by atoms with Crippen LogP contribution in [0.25, 0.3) is 0 Å². The van der Waals surface area contributed by atoms with Crippen LogP contribution in [0.3, 0.4) is 0 Å². The van der Waals surface area contributed by atoms with E-state index in [4.69, 9.17) is 4.74 Å². The summed E-state index contributed by atoms with van der Waals surface area (Å²) in [5, 5.41) is 0. The molecule has 2 aliphatic heterocycles. The van der Waals surface area contributed by atoms with Gasteiger partial charge >= 0.3 is 6.18 Å². The number of rotatable bonds is 6. The van der Waals surface area contributed by atoms with Crippen LogP contribution in [0.5, 0.6) is 0 Å². The van der Waals surface area contributed by atoms with E-state index in [-0.39, 0.29) is 43.6 Å². The minimum atomic E-state index is -4.88. The number of sulfone groups is 1. The molecule has 0 spiro atoms. The number of hydrogen-bond acceptors (Lipinski definition) is 8. The highest BCUT2D eigenvalue weighted by atomic mass is 32.2. The number of likely N-dealkylation sites (tertiary alicyclic amines) is 1. The molecule has 1 amide bonds. The van der Waals surface area contributed by atoms with E-state index >= 15 is 0 Å². The van der Waals surface area contributed by atoms with Gasteiger partial charge in [0, 0.05) is 58.0 Å². The standard InChI is InChI=1S/C24H29F4N5O4S/c1-14(2)19-13-31(15-5-6-18(25)20(9-15)38(4,35)36)7-8-33(19)23-29-10-17(21(30-23)24(26,27)28)22(34)32-11-16(12-32)37-3/h5-6,9-10,14,16,19H,7-8,11-13H2,1-4H3. The number of hydrogen-bond donors (Lipinski definition) is 0. The lowest BCUT2D eigenvalue weighted by atomic mass is 9.99. The number of halogens is 4. The van der Waals surface area contributed by atoms with E-state index in [0.717, 1.165) is 18.5 Å². The molecule has 0 aliphatic carbocycles. The van der Waals surface area contributed by atoms with E-state index in [1.165, 1.54) is 24.1 Å². The van der Waals surface area contributed by atoms with Gasteiger partial charge in [-0.05, 0) is 24.1 Å². The number of piperazine rings is 1. The van der Waals surface area contributed by atoms with Crippen molar-refractivity contribution in [3.05, 3.63) is 41.5 Å². The van der Waals surface area contributed by atoms with Crippen molar-refractivity contribution in [2.24, 2.45) is 5.92 Å². The Morgan fingerprint density at radius 2 is 1.84 bits per heavy atom. The average Bonchev–Trinajstić information content (AvgIpc) is 2.81. The molecular weight excluding hydrogens is 530 g/mol. The van der Waals surface area contributed by atoms with Gasteiger partial charge in [-0.25, -0.2) is 22.8 Å². The molecule has 0 saturated carbocycles. The summed E-state index contributed by atoms with van der Waals surface area (Å²) in [6.07, 6.45) is -3.24. The number of aromatic nitrogens is 2. The molecule has 0 radical (unpaired) electrons. The molecule has 0 bridgehead atoms. The zero-order chi connectivity index (χ0) is 28.0. The fourth-order valence-electron chi connectivity index (χ4n) is 4.64. The van der Waals surface area contributed by atoms with Crippen LogP contribution in [0.15, 0.2) is 29.3 Å². The second-order valence-corrected chi connectivity index (χ2v) is 11.8. The van der Waals surface area contributed by atoms with Gasteiger partial charge in [0.1, 0.15) is 10.7 Å². The molecule has 208 valence electrons. The highest BCUT2D eigenvalue weighted by molar-refractivity contribution is 7.90. The number of alkyl halides is 3. The Morgan fingerprint density at radius 1 is 1.16 bits per heavy atom. The number of benzene rings is 1. The lowest BCUT2D eigenvalue weighted by Gasteiger charge is -2.44. The highest BCUT2D eigenvalue weighted by Gasteiger charge is 2.42. The van der Waals surface area contributed by atoms with Crippen LogP contribution in [0.4, 0.5) is 29.2 Å². The molecule has 4 rings (SSSR count). The van der Waals surface area contributed by atoms with Crippen LogP contribution in [0.1, 0.15) is 29.9 Å². The summed E-state index contributed by atoms with van der Waals surface area (Å²) >= 11 is 0. The molecule has 14 heteroatoms. The Bertz CT molecular complexity index is 1320. The topological polar surface area (TPSA) is 95.9 Å². The zero-order valence-electron chi connectivity index (χ0n) is 21.4. The van der Waals surface area contributed by atoms with E-state index in [2.05, 4.69) is 9.97 Å². The largest absolute Gasteiger partial charge is 0.434 e. The van der Waals surface area contributed by atoms with Crippen molar-refractivity contribution in [3.8, 4) is 0 Å². The van der Waals surface area contributed by atoms with Crippen LogP contribution in [0.2, 0.25) is 0 Å². The van der Waals surface area contributed by atoms with E-state index in [9.17, 15) is 30.8 Å². The lowest BCUT2D eigenvalue weighted by molar-refractivity contribution is -0.141. The summed E-state index contributed by atoms with van der Waals surface area (Å²) in [6.45, 7) is 5.01. The van der Waals surface area contributed by atoms with Gasteiger partial charge in [0.2, 0.25) is 5.95 Å². The minimum Gasteiger partial charge on any atom is -0.378 e. The Balaban J connectivity index is 1.62. The summed E-state index contributed by atoms with van der Waals surface area (Å²) in [7, 11) is -2.32. The third-order valence-corrected chi connectivity index (χ3v) is 7.98. The summed E-state index contributed by atoms with van der Waals surface area (Å²) in [6, 6.07) is 3.47. The van der Waals surface area contributed by atoms with Gasteiger partial charge in [0.05, 0.1) is 17.7 Å². The SMILES string of the molecule is COC1CN(C(=O)c2cnc(N3CCN(c4ccc(F)c(S(C)(=O)=O)c4)CC3C(C)C)nc2C(F)(F)F)C1. The van der Waals surface area contributed by atoms with Crippen molar-refractivity contribution in [2.45, 2.75) is 37.1 Å². The Morgan fingerprint density at radius 3 is 2.42 bits per heavy atom. The fourth-order valence-corrected chi connectivity index (χ4v) is 5.40. The van der Waals surface area contributed by atoms with Crippen molar-refractivity contribution < 1.29 is 35.5 Å².